The molecule has 2 amide bonds. The summed E-state index contributed by atoms with van der Waals surface area (Å²) in [4.78, 5) is 12.4. The molecule has 2 aliphatic heterocycles. The molecule has 25 heavy (non-hydrogen) atoms. The number of carbonyl (C=O) groups excluding carboxylic acids is 1. The number of hydrazine groups is 1. The molecule has 0 aliphatic carbocycles. The van der Waals surface area contributed by atoms with E-state index in [0.717, 1.165) is 12.3 Å². The van der Waals surface area contributed by atoms with Crippen LogP contribution in [0.15, 0.2) is 54.6 Å². The van der Waals surface area contributed by atoms with Gasteiger partial charge in [-0.05, 0) is 18.1 Å². The monoisotopic (exact) mass is 354 g/mol. The SMILES string of the molecule is Cc1ccc(CSC2NC(=O)N3NCC(c4ccccc4)C3N2)cc1. The second-order valence-corrected chi connectivity index (χ2v) is 7.58. The molecule has 3 atom stereocenters. The van der Waals surface area contributed by atoms with Crippen LogP contribution in [-0.2, 0) is 5.75 Å². The van der Waals surface area contributed by atoms with Crippen molar-refractivity contribution in [2.75, 3.05) is 6.54 Å². The van der Waals surface area contributed by atoms with Gasteiger partial charge >= 0.3 is 6.03 Å². The molecule has 3 N–H and O–H groups in total. The average Bonchev–Trinajstić information content (AvgIpc) is 3.06. The Morgan fingerprint density at radius 3 is 2.64 bits per heavy atom. The summed E-state index contributed by atoms with van der Waals surface area (Å²) in [5, 5.41) is 8.27. The summed E-state index contributed by atoms with van der Waals surface area (Å²) < 4.78 is 0. The second-order valence-electron chi connectivity index (χ2n) is 6.49. The van der Waals surface area contributed by atoms with Crippen LogP contribution in [0.2, 0.25) is 0 Å². The normalized spacial score (nSPS) is 25.6. The van der Waals surface area contributed by atoms with Crippen LogP contribution in [0, 0.1) is 6.92 Å². The maximum Gasteiger partial charge on any atom is 0.335 e. The summed E-state index contributed by atoms with van der Waals surface area (Å²) >= 11 is 1.71. The Bertz CT molecular complexity index is 737. The van der Waals surface area contributed by atoms with Crippen LogP contribution in [0.5, 0.6) is 0 Å². The van der Waals surface area contributed by atoms with Crippen molar-refractivity contribution in [3.05, 3.63) is 71.3 Å². The van der Waals surface area contributed by atoms with E-state index in [9.17, 15) is 4.79 Å². The number of benzene rings is 2. The van der Waals surface area contributed by atoms with Gasteiger partial charge in [-0.25, -0.2) is 15.2 Å². The fourth-order valence-corrected chi connectivity index (χ4v) is 4.28. The van der Waals surface area contributed by atoms with Crippen molar-refractivity contribution in [2.24, 2.45) is 0 Å². The van der Waals surface area contributed by atoms with E-state index in [-0.39, 0.29) is 23.6 Å². The highest BCUT2D eigenvalue weighted by Gasteiger charge is 2.43. The molecule has 2 aromatic carbocycles. The van der Waals surface area contributed by atoms with Gasteiger partial charge in [-0.3, -0.25) is 5.32 Å². The Morgan fingerprint density at radius 1 is 1.12 bits per heavy atom. The largest absolute Gasteiger partial charge is 0.335 e. The molecule has 2 aromatic rings. The van der Waals surface area contributed by atoms with Gasteiger partial charge in [0.05, 0.1) is 0 Å². The van der Waals surface area contributed by atoms with Gasteiger partial charge in [0.1, 0.15) is 11.7 Å². The molecule has 6 heteroatoms. The summed E-state index contributed by atoms with van der Waals surface area (Å²) in [7, 11) is 0. The number of aryl methyl sites for hydroxylation is 1. The van der Waals surface area contributed by atoms with E-state index in [1.165, 1.54) is 16.7 Å². The third kappa shape index (κ3) is 3.51. The fourth-order valence-electron chi connectivity index (χ4n) is 3.31. The summed E-state index contributed by atoms with van der Waals surface area (Å²) in [5.41, 5.74) is 6.88. The third-order valence-electron chi connectivity index (χ3n) is 4.70. The molecule has 130 valence electrons. The number of fused-ring (bicyclic) bond motifs is 1. The van der Waals surface area contributed by atoms with Gasteiger partial charge in [-0.2, -0.15) is 0 Å². The van der Waals surface area contributed by atoms with Crippen molar-refractivity contribution < 1.29 is 4.79 Å². The highest BCUT2D eigenvalue weighted by atomic mass is 32.2. The zero-order valence-electron chi connectivity index (χ0n) is 14.1. The molecular formula is C19H22N4OS. The molecular weight excluding hydrogens is 332 g/mol. The first-order valence-electron chi connectivity index (χ1n) is 8.52. The van der Waals surface area contributed by atoms with Crippen LogP contribution in [0.1, 0.15) is 22.6 Å². The van der Waals surface area contributed by atoms with E-state index in [0.29, 0.717) is 0 Å². The Labute approximate surface area is 152 Å². The smallest absolute Gasteiger partial charge is 0.312 e. The van der Waals surface area contributed by atoms with Crippen LogP contribution < -0.4 is 16.1 Å². The van der Waals surface area contributed by atoms with Gasteiger partial charge in [-0.1, -0.05) is 60.2 Å². The van der Waals surface area contributed by atoms with Crippen molar-refractivity contribution in [2.45, 2.75) is 30.3 Å². The lowest BCUT2D eigenvalue weighted by atomic mass is 9.97. The topological polar surface area (TPSA) is 56.4 Å². The minimum atomic E-state index is -0.0961. The number of nitrogens with one attached hydrogen (secondary N) is 3. The standard InChI is InChI=1S/C19H22N4OS/c1-13-7-9-14(10-8-13)12-25-18-21-17-16(15-5-3-2-4-6-15)11-20-23(17)19(24)22-18/h2-10,16-18,20-21H,11-12H2,1H3,(H,22,24). The first kappa shape index (κ1) is 16.4. The number of amides is 2. The van der Waals surface area contributed by atoms with Crippen molar-refractivity contribution in [1.82, 2.24) is 21.1 Å². The van der Waals surface area contributed by atoms with Crippen molar-refractivity contribution >= 4 is 17.8 Å². The molecule has 2 aliphatic rings. The molecule has 2 fully saturated rings. The zero-order chi connectivity index (χ0) is 17.2. The minimum Gasteiger partial charge on any atom is -0.312 e. The van der Waals surface area contributed by atoms with Gasteiger partial charge in [-0.15, -0.1) is 11.8 Å². The Hall–Kier alpha value is -2.02. The molecule has 0 radical (unpaired) electrons. The van der Waals surface area contributed by atoms with Crippen LogP contribution in [0.25, 0.3) is 0 Å². The molecule has 0 bridgehead atoms. The average molecular weight is 354 g/mol. The van der Waals surface area contributed by atoms with Crippen molar-refractivity contribution in [3.63, 3.8) is 0 Å². The number of hydrogen-bond donors (Lipinski definition) is 3. The van der Waals surface area contributed by atoms with Crippen LogP contribution in [0.3, 0.4) is 0 Å². The van der Waals surface area contributed by atoms with Gasteiger partial charge < -0.3 is 5.32 Å². The van der Waals surface area contributed by atoms with Gasteiger partial charge in [0.2, 0.25) is 0 Å². The van der Waals surface area contributed by atoms with Crippen LogP contribution >= 0.6 is 11.8 Å². The van der Waals surface area contributed by atoms with Gasteiger partial charge in [0.15, 0.2) is 0 Å². The van der Waals surface area contributed by atoms with Crippen LogP contribution in [-0.4, -0.2) is 29.2 Å². The maximum absolute atomic E-state index is 12.4. The molecule has 3 unspecified atom stereocenters. The summed E-state index contributed by atoms with van der Waals surface area (Å²) in [6.07, 6.45) is -0.0355. The molecule has 0 aromatic heterocycles. The molecule has 4 rings (SSSR count). The molecule has 0 saturated carbocycles. The van der Waals surface area contributed by atoms with Crippen molar-refractivity contribution in [3.8, 4) is 0 Å². The number of urea groups is 1. The number of hydrogen-bond acceptors (Lipinski definition) is 4. The summed E-state index contributed by atoms with van der Waals surface area (Å²) in [6.45, 7) is 2.84. The van der Waals surface area contributed by atoms with E-state index in [2.05, 4.69) is 59.4 Å². The van der Waals surface area contributed by atoms with Crippen molar-refractivity contribution in [1.29, 1.82) is 0 Å². The van der Waals surface area contributed by atoms with Gasteiger partial charge in [0, 0.05) is 18.2 Å². The fraction of sp³-hybridized carbons (Fsp3) is 0.316. The van der Waals surface area contributed by atoms with E-state index < -0.39 is 0 Å². The molecule has 5 nitrogen and oxygen atoms in total. The van der Waals surface area contributed by atoms with E-state index in [1.54, 1.807) is 16.8 Å². The second kappa shape index (κ2) is 7.07. The summed E-state index contributed by atoms with van der Waals surface area (Å²) in [5.74, 6) is 1.10. The van der Waals surface area contributed by atoms with Crippen LogP contribution in [0.4, 0.5) is 4.79 Å². The Morgan fingerprint density at radius 2 is 1.88 bits per heavy atom. The Balaban J connectivity index is 1.43. The van der Waals surface area contributed by atoms with E-state index in [1.807, 2.05) is 18.2 Å². The third-order valence-corrected chi connectivity index (χ3v) is 5.79. The zero-order valence-corrected chi connectivity index (χ0v) is 14.9. The van der Waals surface area contributed by atoms with Gasteiger partial charge in [0.25, 0.3) is 0 Å². The summed E-state index contributed by atoms with van der Waals surface area (Å²) in [6, 6.07) is 18.8. The minimum absolute atomic E-state index is 0.0355. The lowest BCUT2D eigenvalue weighted by molar-refractivity contribution is 0.128. The Kier molecular flexibility index (Phi) is 4.65. The highest BCUT2D eigenvalue weighted by Crippen LogP contribution is 2.29. The first-order valence-corrected chi connectivity index (χ1v) is 9.57. The predicted octanol–water partition coefficient (Wildman–Crippen LogP) is 2.75. The number of thioether (sulfide) groups is 1. The maximum atomic E-state index is 12.4. The highest BCUT2D eigenvalue weighted by molar-refractivity contribution is 7.99. The first-order chi connectivity index (χ1) is 12.2. The predicted molar refractivity (Wildman–Crippen MR) is 101 cm³/mol. The lowest BCUT2D eigenvalue weighted by Gasteiger charge is -2.37. The molecule has 0 spiro atoms. The quantitative estimate of drug-likeness (QED) is 0.790. The number of rotatable bonds is 4. The number of carbonyl (C=O) groups is 1. The van der Waals surface area contributed by atoms with E-state index >= 15 is 0 Å². The molecule has 2 heterocycles. The molecule has 2 saturated heterocycles. The number of nitrogens with zero attached hydrogens (tertiary/aromatic N) is 1. The lowest BCUT2D eigenvalue weighted by Crippen LogP contribution is -2.65. The van der Waals surface area contributed by atoms with E-state index in [4.69, 9.17) is 0 Å².